The molecule has 1 atom stereocenters. The van der Waals surface area contributed by atoms with Crippen LogP contribution in [-0.4, -0.2) is 36.1 Å². The molecule has 0 spiro atoms. The number of rotatable bonds is 4. The molecule has 1 aromatic carbocycles. The van der Waals surface area contributed by atoms with Crippen molar-refractivity contribution >= 4 is 5.97 Å². The van der Waals surface area contributed by atoms with Crippen LogP contribution in [0.3, 0.4) is 0 Å². The van der Waals surface area contributed by atoms with E-state index in [-0.39, 0.29) is 17.8 Å². The molecule has 0 bridgehead atoms. The fraction of sp³-hybridized carbons (Fsp3) is 0.353. The number of aromatic nitrogens is 2. The number of carbonyl (C=O) groups is 1. The fourth-order valence-corrected chi connectivity index (χ4v) is 2.64. The van der Waals surface area contributed by atoms with E-state index in [9.17, 15) is 4.79 Å². The van der Waals surface area contributed by atoms with Crippen molar-refractivity contribution in [3.63, 3.8) is 0 Å². The number of nitrogens with zero attached hydrogens (tertiary/aromatic N) is 2. The van der Waals surface area contributed by atoms with Crippen LogP contribution >= 0.6 is 0 Å². The van der Waals surface area contributed by atoms with Crippen molar-refractivity contribution < 1.29 is 14.3 Å². The molecule has 1 unspecified atom stereocenters. The van der Waals surface area contributed by atoms with Gasteiger partial charge in [-0.05, 0) is 31.5 Å². The monoisotopic (exact) mass is 313 g/mol. The first-order valence-electron chi connectivity index (χ1n) is 7.66. The molecule has 0 saturated carbocycles. The first kappa shape index (κ1) is 15.4. The quantitative estimate of drug-likeness (QED) is 0.871. The Morgan fingerprint density at radius 1 is 1.30 bits per heavy atom. The van der Waals surface area contributed by atoms with E-state index in [1.54, 1.807) is 13.2 Å². The zero-order valence-corrected chi connectivity index (χ0v) is 13.0. The zero-order valence-electron chi connectivity index (χ0n) is 13.0. The maximum absolute atomic E-state index is 12.2. The normalized spacial score (nSPS) is 17.5. The molecule has 23 heavy (non-hydrogen) atoms. The van der Waals surface area contributed by atoms with Crippen LogP contribution in [0, 0.1) is 5.92 Å². The molecule has 2 heterocycles. The molecule has 6 nitrogen and oxygen atoms in total. The Labute approximate surface area is 134 Å². The van der Waals surface area contributed by atoms with Gasteiger partial charge in [0.2, 0.25) is 5.88 Å². The van der Waals surface area contributed by atoms with Gasteiger partial charge in [-0.2, -0.15) is 0 Å². The molecule has 1 N–H and O–H groups in total. The number of benzene rings is 1. The minimum Gasteiger partial charge on any atom is -0.496 e. The third-order valence-corrected chi connectivity index (χ3v) is 3.86. The van der Waals surface area contributed by atoms with E-state index in [0.717, 1.165) is 24.9 Å². The van der Waals surface area contributed by atoms with Gasteiger partial charge in [0.05, 0.1) is 18.7 Å². The highest BCUT2D eigenvalue weighted by atomic mass is 16.5. The maximum Gasteiger partial charge on any atom is 0.316 e. The fourth-order valence-electron chi connectivity index (χ4n) is 2.64. The second-order valence-corrected chi connectivity index (χ2v) is 5.41. The van der Waals surface area contributed by atoms with Gasteiger partial charge in [-0.3, -0.25) is 4.79 Å². The van der Waals surface area contributed by atoms with Crippen LogP contribution in [-0.2, 0) is 4.79 Å². The third-order valence-electron chi connectivity index (χ3n) is 3.86. The minimum absolute atomic E-state index is 0.117. The van der Waals surface area contributed by atoms with Gasteiger partial charge in [0.1, 0.15) is 12.1 Å². The van der Waals surface area contributed by atoms with E-state index in [1.807, 2.05) is 24.3 Å². The van der Waals surface area contributed by atoms with E-state index in [1.165, 1.54) is 6.33 Å². The zero-order chi connectivity index (χ0) is 16.1. The average Bonchev–Trinajstić information content (AvgIpc) is 2.62. The van der Waals surface area contributed by atoms with Crippen LogP contribution in [0.4, 0.5) is 0 Å². The summed E-state index contributed by atoms with van der Waals surface area (Å²) in [5, 5.41) is 3.20. The van der Waals surface area contributed by atoms with Crippen LogP contribution in [0.2, 0.25) is 0 Å². The first-order chi connectivity index (χ1) is 11.3. The van der Waals surface area contributed by atoms with Gasteiger partial charge in [-0.1, -0.05) is 12.1 Å². The summed E-state index contributed by atoms with van der Waals surface area (Å²) in [6, 6.07) is 9.21. The van der Waals surface area contributed by atoms with Gasteiger partial charge in [0.15, 0.2) is 0 Å². The standard InChI is InChI=1S/C17H19N3O3/c1-22-15-7-3-2-6-13(15)14-9-16(20-11-19-14)23-17(21)12-5-4-8-18-10-12/h2-3,6-7,9,11-12,18H,4-5,8,10H2,1H3. The molecule has 1 aromatic heterocycles. The minimum atomic E-state index is -0.248. The summed E-state index contributed by atoms with van der Waals surface area (Å²) in [5.74, 6) is 0.603. The van der Waals surface area contributed by atoms with Crippen molar-refractivity contribution in [2.24, 2.45) is 5.92 Å². The lowest BCUT2D eigenvalue weighted by atomic mass is 10.0. The van der Waals surface area contributed by atoms with Gasteiger partial charge < -0.3 is 14.8 Å². The number of nitrogens with one attached hydrogen (secondary N) is 1. The Morgan fingerprint density at radius 3 is 2.96 bits per heavy atom. The Morgan fingerprint density at radius 2 is 2.17 bits per heavy atom. The lowest BCUT2D eigenvalue weighted by Crippen LogP contribution is -2.36. The summed E-state index contributed by atoms with van der Waals surface area (Å²) >= 11 is 0. The summed E-state index contributed by atoms with van der Waals surface area (Å²) in [6.07, 6.45) is 3.22. The molecular formula is C17H19N3O3. The predicted octanol–water partition coefficient (Wildman–Crippen LogP) is 2.06. The molecule has 3 rings (SSSR count). The van der Waals surface area contributed by atoms with Crippen LogP contribution in [0.25, 0.3) is 11.3 Å². The Kier molecular flexibility index (Phi) is 4.83. The van der Waals surface area contributed by atoms with E-state index in [0.29, 0.717) is 18.0 Å². The van der Waals surface area contributed by atoms with Crippen molar-refractivity contribution in [3.8, 4) is 22.9 Å². The van der Waals surface area contributed by atoms with Crippen molar-refractivity contribution in [2.75, 3.05) is 20.2 Å². The number of piperidine rings is 1. The highest BCUT2D eigenvalue weighted by Crippen LogP contribution is 2.29. The van der Waals surface area contributed by atoms with Gasteiger partial charge in [-0.25, -0.2) is 9.97 Å². The molecule has 0 amide bonds. The number of para-hydroxylation sites is 1. The lowest BCUT2D eigenvalue weighted by molar-refractivity contribution is -0.139. The van der Waals surface area contributed by atoms with Crippen molar-refractivity contribution in [2.45, 2.75) is 12.8 Å². The van der Waals surface area contributed by atoms with E-state index < -0.39 is 0 Å². The number of carbonyl (C=O) groups excluding carboxylic acids is 1. The van der Waals surface area contributed by atoms with E-state index in [2.05, 4.69) is 15.3 Å². The van der Waals surface area contributed by atoms with Crippen molar-refractivity contribution in [3.05, 3.63) is 36.7 Å². The van der Waals surface area contributed by atoms with E-state index in [4.69, 9.17) is 9.47 Å². The number of esters is 1. The van der Waals surface area contributed by atoms with Crippen LogP contribution < -0.4 is 14.8 Å². The molecular weight excluding hydrogens is 294 g/mol. The maximum atomic E-state index is 12.2. The van der Waals surface area contributed by atoms with Crippen LogP contribution in [0.1, 0.15) is 12.8 Å². The summed E-state index contributed by atoms with van der Waals surface area (Å²) < 4.78 is 10.8. The second kappa shape index (κ2) is 7.19. The van der Waals surface area contributed by atoms with Crippen molar-refractivity contribution in [1.29, 1.82) is 0 Å². The average molecular weight is 313 g/mol. The smallest absolute Gasteiger partial charge is 0.316 e. The Hall–Kier alpha value is -2.47. The number of hydrogen-bond donors (Lipinski definition) is 1. The Bertz CT molecular complexity index is 684. The summed E-state index contributed by atoms with van der Waals surface area (Å²) in [5.41, 5.74) is 1.48. The number of ether oxygens (including phenoxy) is 2. The summed E-state index contributed by atoms with van der Waals surface area (Å²) in [4.78, 5) is 20.5. The van der Waals surface area contributed by atoms with E-state index >= 15 is 0 Å². The predicted molar refractivity (Wildman–Crippen MR) is 85.2 cm³/mol. The second-order valence-electron chi connectivity index (χ2n) is 5.41. The third kappa shape index (κ3) is 3.65. The summed E-state index contributed by atoms with van der Waals surface area (Å²) in [6.45, 7) is 1.61. The highest BCUT2D eigenvalue weighted by Gasteiger charge is 2.23. The summed E-state index contributed by atoms with van der Waals surface area (Å²) in [7, 11) is 1.61. The van der Waals surface area contributed by atoms with Gasteiger partial charge in [-0.15, -0.1) is 0 Å². The molecule has 1 aliphatic heterocycles. The van der Waals surface area contributed by atoms with Gasteiger partial charge >= 0.3 is 5.97 Å². The largest absolute Gasteiger partial charge is 0.496 e. The molecule has 2 aromatic rings. The Balaban J connectivity index is 1.78. The lowest BCUT2D eigenvalue weighted by Gasteiger charge is -2.20. The SMILES string of the molecule is COc1ccccc1-c1cc(OC(=O)C2CCCNC2)ncn1. The molecule has 1 saturated heterocycles. The van der Waals surface area contributed by atoms with Gasteiger partial charge in [0, 0.05) is 18.2 Å². The topological polar surface area (TPSA) is 73.3 Å². The molecule has 120 valence electrons. The number of methoxy groups -OCH3 is 1. The molecule has 0 radical (unpaired) electrons. The number of hydrogen-bond acceptors (Lipinski definition) is 6. The van der Waals surface area contributed by atoms with Gasteiger partial charge in [0.25, 0.3) is 0 Å². The molecule has 0 aliphatic carbocycles. The van der Waals surface area contributed by atoms with Crippen LogP contribution in [0.15, 0.2) is 36.7 Å². The van der Waals surface area contributed by atoms with Crippen LogP contribution in [0.5, 0.6) is 11.6 Å². The van der Waals surface area contributed by atoms with Crippen molar-refractivity contribution in [1.82, 2.24) is 15.3 Å². The molecule has 1 fully saturated rings. The molecule has 1 aliphatic rings. The highest BCUT2D eigenvalue weighted by molar-refractivity contribution is 5.76. The molecule has 6 heteroatoms. The first-order valence-corrected chi connectivity index (χ1v) is 7.66.